The summed E-state index contributed by atoms with van der Waals surface area (Å²) >= 11 is 5.81. The summed E-state index contributed by atoms with van der Waals surface area (Å²) in [5.41, 5.74) is 6.94. The quantitative estimate of drug-likeness (QED) is 0.790. The summed E-state index contributed by atoms with van der Waals surface area (Å²) < 4.78 is 2.37. The summed E-state index contributed by atoms with van der Waals surface area (Å²) in [6.07, 6.45) is 2.17. The number of halogens is 2. The van der Waals surface area contributed by atoms with Gasteiger partial charge in [0.1, 0.15) is 0 Å². The lowest BCUT2D eigenvalue weighted by Gasteiger charge is -2.34. The molecule has 0 radical (unpaired) electrons. The smallest absolute Gasteiger partial charge is 0.0489 e. The van der Waals surface area contributed by atoms with E-state index >= 15 is 0 Å². The second-order valence-corrected chi connectivity index (χ2v) is 5.77. The van der Waals surface area contributed by atoms with Gasteiger partial charge in [-0.1, -0.05) is 15.9 Å². The molecule has 0 saturated heterocycles. The van der Waals surface area contributed by atoms with Crippen LogP contribution in [0.4, 0.5) is 5.69 Å². The van der Waals surface area contributed by atoms with E-state index in [1.54, 1.807) is 0 Å². The van der Waals surface area contributed by atoms with Crippen molar-refractivity contribution in [3.8, 4) is 0 Å². The van der Waals surface area contributed by atoms with Crippen molar-refractivity contribution in [3.63, 3.8) is 0 Å². The first-order valence-corrected chi connectivity index (χ1v) is 6.49. The van der Waals surface area contributed by atoms with Crippen LogP contribution >= 0.6 is 38.5 Å². The molecule has 14 heavy (non-hydrogen) atoms. The van der Waals surface area contributed by atoms with Crippen LogP contribution in [0.25, 0.3) is 0 Å². The number of hydrogen-bond acceptors (Lipinski definition) is 2. The maximum atomic E-state index is 5.74. The average Bonchev–Trinajstić information content (AvgIpc) is 2.09. The molecule has 0 aliphatic heterocycles. The van der Waals surface area contributed by atoms with E-state index in [-0.39, 0.29) is 0 Å². The number of nitrogens with two attached hydrogens (primary N) is 1. The molecule has 0 atom stereocenters. The van der Waals surface area contributed by atoms with Crippen molar-refractivity contribution in [3.05, 3.63) is 26.2 Å². The monoisotopic (exact) mass is 366 g/mol. The van der Waals surface area contributed by atoms with Gasteiger partial charge in [0.05, 0.1) is 0 Å². The Morgan fingerprint density at radius 2 is 2.14 bits per heavy atom. The fourth-order valence-corrected chi connectivity index (χ4v) is 2.46. The molecule has 1 aliphatic carbocycles. The molecule has 2 rings (SSSR count). The van der Waals surface area contributed by atoms with E-state index in [1.165, 1.54) is 9.26 Å². The third-order valence-corrected chi connectivity index (χ3v) is 3.90. The zero-order valence-corrected chi connectivity index (χ0v) is 11.4. The van der Waals surface area contributed by atoms with E-state index in [0.29, 0.717) is 12.1 Å². The molecule has 0 spiro atoms. The molecular weight excluding hydrogens is 355 g/mol. The Balaban J connectivity index is 2.05. The molecular formula is C10H12BrIN2. The maximum absolute atomic E-state index is 5.74. The highest BCUT2D eigenvalue weighted by atomic mass is 127. The first-order chi connectivity index (χ1) is 6.65. The molecule has 0 heterocycles. The Morgan fingerprint density at radius 1 is 1.43 bits per heavy atom. The third-order valence-electron chi connectivity index (χ3n) is 2.46. The van der Waals surface area contributed by atoms with Crippen LogP contribution in [0.5, 0.6) is 0 Å². The van der Waals surface area contributed by atoms with Crippen molar-refractivity contribution < 1.29 is 0 Å². The van der Waals surface area contributed by atoms with Gasteiger partial charge in [-0.25, -0.2) is 0 Å². The van der Waals surface area contributed by atoms with Crippen LogP contribution < -0.4 is 11.1 Å². The van der Waals surface area contributed by atoms with Gasteiger partial charge < -0.3 is 11.1 Å². The highest BCUT2D eigenvalue weighted by molar-refractivity contribution is 14.1. The van der Waals surface area contributed by atoms with Crippen molar-refractivity contribution in [2.45, 2.75) is 24.9 Å². The molecule has 1 saturated carbocycles. The van der Waals surface area contributed by atoms with Crippen molar-refractivity contribution in [1.29, 1.82) is 0 Å². The van der Waals surface area contributed by atoms with Crippen molar-refractivity contribution in [2.24, 2.45) is 5.73 Å². The summed E-state index contributed by atoms with van der Waals surface area (Å²) in [7, 11) is 0. The second-order valence-electron chi connectivity index (χ2n) is 3.70. The minimum atomic E-state index is 0.400. The van der Waals surface area contributed by atoms with E-state index in [1.807, 2.05) is 0 Å². The predicted molar refractivity (Wildman–Crippen MR) is 71.5 cm³/mol. The second kappa shape index (κ2) is 4.37. The Hall–Kier alpha value is 0.190. The van der Waals surface area contributed by atoms with Gasteiger partial charge in [0.25, 0.3) is 0 Å². The van der Waals surface area contributed by atoms with Crippen LogP contribution in [0.1, 0.15) is 12.8 Å². The van der Waals surface area contributed by atoms with Gasteiger partial charge in [-0.05, 0) is 53.6 Å². The molecule has 3 N–H and O–H groups in total. The maximum Gasteiger partial charge on any atom is 0.0489 e. The molecule has 2 nitrogen and oxygen atoms in total. The van der Waals surface area contributed by atoms with Crippen LogP contribution in [-0.2, 0) is 0 Å². The average molecular weight is 367 g/mol. The molecule has 1 aromatic carbocycles. The SMILES string of the molecule is NC1CC(Nc2cc(Br)ccc2I)C1. The zero-order valence-electron chi connectivity index (χ0n) is 7.63. The summed E-state index contributed by atoms with van der Waals surface area (Å²) in [6.45, 7) is 0. The summed E-state index contributed by atoms with van der Waals surface area (Å²) in [5, 5.41) is 3.50. The number of rotatable bonds is 2. The fourth-order valence-electron chi connectivity index (χ4n) is 1.61. The number of hydrogen-bond donors (Lipinski definition) is 2. The first-order valence-electron chi connectivity index (χ1n) is 4.62. The van der Waals surface area contributed by atoms with Crippen molar-refractivity contribution in [1.82, 2.24) is 0 Å². The largest absolute Gasteiger partial charge is 0.381 e. The normalized spacial score (nSPS) is 25.6. The molecule has 0 amide bonds. The predicted octanol–water partition coefficient (Wildman–Crippen LogP) is 2.96. The van der Waals surface area contributed by atoms with Crippen molar-refractivity contribution in [2.75, 3.05) is 5.32 Å². The van der Waals surface area contributed by atoms with E-state index < -0.39 is 0 Å². The molecule has 1 aromatic rings. The molecule has 1 aliphatic rings. The van der Waals surface area contributed by atoms with Gasteiger partial charge in [-0.2, -0.15) is 0 Å². The molecule has 0 unspecified atom stereocenters. The molecule has 4 heteroatoms. The highest BCUT2D eigenvalue weighted by Gasteiger charge is 2.25. The fraction of sp³-hybridized carbons (Fsp3) is 0.400. The molecule has 0 bridgehead atoms. The Morgan fingerprint density at radius 3 is 2.79 bits per heavy atom. The number of nitrogens with one attached hydrogen (secondary N) is 1. The van der Waals surface area contributed by atoms with E-state index in [2.05, 4.69) is 62.0 Å². The van der Waals surface area contributed by atoms with E-state index in [0.717, 1.165) is 17.3 Å². The minimum Gasteiger partial charge on any atom is -0.381 e. The summed E-state index contributed by atoms with van der Waals surface area (Å²) in [5.74, 6) is 0. The van der Waals surface area contributed by atoms with Crippen LogP contribution in [0.15, 0.2) is 22.7 Å². The summed E-state index contributed by atoms with van der Waals surface area (Å²) in [4.78, 5) is 0. The van der Waals surface area contributed by atoms with E-state index in [4.69, 9.17) is 5.73 Å². The highest BCUT2D eigenvalue weighted by Crippen LogP contribution is 2.27. The van der Waals surface area contributed by atoms with Crippen LogP contribution in [0.3, 0.4) is 0 Å². The van der Waals surface area contributed by atoms with Crippen LogP contribution in [0, 0.1) is 3.57 Å². The standard InChI is InChI=1S/C10H12BrIN2/c11-6-1-2-9(12)10(3-6)14-8-4-7(13)5-8/h1-3,7-8,14H,4-5,13H2. The number of anilines is 1. The van der Waals surface area contributed by atoms with Crippen molar-refractivity contribution >= 4 is 44.2 Å². The zero-order chi connectivity index (χ0) is 10.1. The first kappa shape index (κ1) is 10.7. The Labute approximate surface area is 106 Å². The molecule has 1 fully saturated rings. The number of benzene rings is 1. The Bertz CT molecular complexity index is 337. The van der Waals surface area contributed by atoms with Gasteiger partial charge in [0.15, 0.2) is 0 Å². The van der Waals surface area contributed by atoms with Gasteiger partial charge in [0.2, 0.25) is 0 Å². The lowest BCUT2D eigenvalue weighted by Crippen LogP contribution is -2.44. The van der Waals surface area contributed by atoms with Crippen LogP contribution in [-0.4, -0.2) is 12.1 Å². The Kier molecular flexibility index (Phi) is 3.34. The minimum absolute atomic E-state index is 0.400. The van der Waals surface area contributed by atoms with Gasteiger partial charge in [0, 0.05) is 25.8 Å². The summed E-state index contributed by atoms with van der Waals surface area (Å²) in [6, 6.07) is 7.24. The van der Waals surface area contributed by atoms with Gasteiger partial charge >= 0.3 is 0 Å². The molecule has 0 aromatic heterocycles. The topological polar surface area (TPSA) is 38.0 Å². The lowest BCUT2D eigenvalue weighted by atomic mass is 9.87. The van der Waals surface area contributed by atoms with Gasteiger partial charge in [-0.3, -0.25) is 0 Å². The third kappa shape index (κ3) is 2.41. The van der Waals surface area contributed by atoms with Gasteiger partial charge in [-0.15, -0.1) is 0 Å². The lowest BCUT2D eigenvalue weighted by molar-refractivity contribution is 0.373. The van der Waals surface area contributed by atoms with E-state index in [9.17, 15) is 0 Å². The molecule has 76 valence electrons. The van der Waals surface area contributed by atoms with Crippen LogP contribution in [0.2, 0.25) is 0 Å².